The molecule has 0 amide bonds. The molecule has 1 aliphatic carbocycles. The van der Waals surface area contributed by atoms with E-state index in [0.717, 1.165) is 17.9 Å². The second-order valence-corrected chi connectivity index (χ2v) is 6.20. The minimum absolute atomic E-state index is 0.231. The molecule has 1 aromatic heterocycles. The lowest BCUT2D eigenvalue weighted by Crippen LogP contribution is -2.33. The number of ether oxygens (including phenoxy) is 1. The third-order valence-electron chi connectivity index (χ3n) is 4.64. The molecule has 2 fully saturated rings. The Morgan fingerprint density at radius 1 is 1.37 bits per heavy atom. The largest absolute Gasteiger partial charge is 0.380 e. The molecule has 1 aliphatic heterocycles. The van der Waals surface area contributed by atoms with Gasteiger partial charge in [0, 0.05) is 19.8 Å². The van der Waals surface area contributed by atoms with Gasteiger partial charge in [0.25, 0.3) is 0 Å². The summed E-state index contributed by atoms with van der Waals surface area (Å²) in [6, 6.07) is 0. The summed E-state index contributed by atoms with van der Waals surface area (Å²) in [4.78, 5) is 0. The highest BCUT2D eigenvalue weighted by atomic mass is 16.5. The molecule has 0 aromatic carbocycles. The summed E-state index contributed by atoms with van der Waals surface area (Å²) in [5.41, 5.74) is 2.43. The Labute approximate surface area is 115 Å². The molecule has 0 bridgehead atoms. The van der Waals surface area contributed by atoms with E-state index in [1.165, 1.54) is 44.9 Å². The third kappa shape index (κ3) is 2.78. The van der Waals surface area contributed by atoms with Crippen LogP contribution in [0, 0.1) is 6.92 Å². The monoisotopic (exact) mass is 263 g/mol. The number of anilines is 1. The smallest absolute Gasteiger partial charge is 0.0824 e. The van der Waals surface area contributed by atoms with Gasteiger partial charge in [0.15, 0.2) is 0 Å². The van der Waals surface area contributed by atoms with Gasteiger partial charge in [-0.15, -0.1) is 0 Å². The van der Waals surface area contributed by atoms with Crippen LogP contribution in [0.4, 0.5) is 5.69 Å². The summed E-state index contributed by atoms with van der Waals surface area (Å²) in [7, 11) is 1.96. The lowest BCUT2D eigenvalue weighted by molar-refractivity contribution is -0.0588. The first-order chi connectivity index (χ1) is 9.17. The molecule has 3 rings (SSSR count). The van der Waals surface area contributed by atoms with Crippen LogP contribution in [0.3, 0.4) is 0 Å². The van der Waals surface area contributed by atoms with E-state index in [0.29, 0.717) is 6.10 Å². The van der Waals surface area contributed by atoms with Crippen LogP contribution in [-0.2, 0) is 11.8 Å². The van der Waals surface area contributed by atoms with Gasteiger partial charge >= 0.3 is 0 Å². The lowest BCUT2D eigenvalue weighted by Gasteiger charge is -2.33. The molecule has 2 aliphatic rings. The number of hydrogen-bond acceptors (Lipinski definition) is 3. The molecule has 19 heavy (non-hydrogen) atoms. The van der Waals surface area contributed by atoms with Crippen LogP contribution < -0.4 is 5.32 Å². The summed E-state index contributed by atoms with van der Waals surface area (Å²) in [5, 5.41) is 7.84. The predicted molar refractivity (Wildman–Crippen MR) is 76.4 cm³/mol. The van der Waals surface area contributed by atoms with Gasteiger partial charge in [-0.05, 0) is 32.6 Å². The van der Waals surface area contributed by atoms with Crippen molar-refractivity contribution in [2.75, 3.05) is 11.9 Å². The highest BCUT2D eigenvalue weighted by molar-refractivity contribution is 5.45. The Kier molecular flexibility index (Phi) is 3.52. The Morgan fingerprint density at radius 2 is 2.16 bits per heavy atom. The Balaban J connectivity index is 1.53. The maximum atomic E-state index is 6.37. The summed E-state index contributed by atoms with van der Waals surface area (Å²) in [6.07, 6.45) is 11.5. The Bertz CT molecular complexity index is 435. The Hall–Kier alpha value is -1.03. The maximum absolute atomic E-state index is 6.37. The molecule has 4 heteroatoms. The van der Waals surface area contributed by atoms with Crippen molar-refractivity contribution in [2.45, 2.75) is 63.6 Å². The van der Waals surface area contributed by atoms with Gasteiger partial charge in [0.2, 0.25) is 0 Å². The van der Waals surface area contributed by atoms with E-state index >= 15 is 0 Å². The number of nitrogens with one attached hydrogen (secondary N) is 1. The van der Waals surface area contributed by atoms with Crippen LogP contribution in [0.1, 0.15) is 50.6 Å². The fourth-order valence-corrected chi connectivity index (χ4v) is 3.60. The summed E-state index contributed by atoms with van der Waals surface area (Å²) >= 11 is 0. The van der Waals surface area contributed by atoms with Crippen molar-refractivity contribution < 1.29 is 4.74 Å². The van der Waals surface area contributed by atoms with Gasteiger partial charge < -0.3 is 10.1 Å². The van der Waals surface area contributed by atoms with Gasteiger partial charge in [-0.1, -0.05) is 19.3 Å². The van der Waals surface area contributed by atoms with Crippen LogP contribution in [0.2, 0.25) is 0 Å². The second kappa shape index (κ2) is 5.16. The molecule has 1 spiro atoms. The Morgan fingerprint density at radius 3 is 2.84 bits per heavy atom. The first kappa shape index (κ1) is 13.0. The molecule has 106 valence electrons. The number of hydrogen-bond donors (Lipinski definition) is 1. The van der Waals surface area contributed by atoms with Crippen molar-refractivity contribution in [2.24, 2.45) is 7.05 Å². The highest BCUT2D eigenvalue weighted by Gasteiger charge is 2.40. The van der Waals surface area contributed by atoms with Crippen molar-refractivity contribution in [3.63, 3.8) is 0 Å². The average Bonchev–Trinajstić information content (AvgIpc) is 2.92. The van der Waals surface area contributed by atoms with E-state index < -0.39 is 0 Å². The van der Waals surface area contributed by atoms with Crippen molar-refractivity contribution in [3.8, 4) is 0 Å². The van der Waals surface area contributed by atoms with Crippen molar-refractivity contribution in [3.05, 3.63) is 11.9 Å². The van der Waals surface area contributed by atoms with Gasteiger partial charge in [-0.25, -0.2) is 0 Å². The average molecular weight is 263 g/mol. The topological polar surface area (TPSA) is 39.1 Å². The van der Waals surface area contributed by atoms with Crippen molar-refractivity contribution in [1.82, 2.24) is 9.78 Å². The van der Waals surface area contributed by atoms with E-state index in [9.17, 15) is 0 Å². The van der Waals surface area contributed by atoms with Crippen LogP contribution in [0.5, 0.6) is 0 Å². The standard InChI is InChI=1S/C15H25N3O/c1-12-14(11-18(2)17-12)16-10-13-6-9-15(19-13)7-4-3-5-8-15/h11,13,16H,3-10H2,1-2H3. The molecule has 0 radical (unpaired) electrons. The second-order valence-electron chi connectivity index (χ2n) is 6.20. The molecule has 4 nitrogen and oxygen atoms in total. The number of nitrogens with zero attached hydrogens (tertiary/aromatic N) is 2. The molecule has 1 unspecified atom stereocenters. The third-order valence-corrected chi connectivity index (χ3v) is 4.64. The summed E-state index contributed by atoms with van der Waals surface area (Å²) in [6.45, 7) is 2.95. The SMILES string of the molecule is Cc1nn(C)cc1NCC1CCC2(CCCCC2)O1. The molecule has 1 saturated heterocycles. The maximum Gasteiger partial charge on any atom is 0.0824 e. The van der Waals surface area contributed by atoms with Crippen molar-refractivity contribution in [1.29, 1.82) is 0 Å². The van der Waals surface area contributed by atoms with Gasteiger partial charge in [-0.2, -0.15) is 5.10 Å². The quantitative estimate of drug-likeness (QED) is 0.911. The number of aryl methyl sites for hydroxylation is 2. The normalized spacial score (nSPS) is 25.9. The van der Waals surface area contributed by atoms with Crippen LogP contribution in [0.25, 0.3) is 0 Å². The fraction of sp³-hybridized carbons (Fsp3) is 0.800. The molecule has 1 aromatic rings. The summed E-state index contributed by atoms with van der Waals surface area (Å²) < 4.78 is 8.23. The van der Waals surface area contributed by atoms with E-state index in [-0.39, 0.29) is 5.60 Å². The number of aromatic nitrogens is 2. The van der Waals surface area contributed by atoms with Crippen LogP contribution in [-0.4, -0.2) is 28.0 Å². The van der Waals surface area contributed by atoms with E-state index in [2.05, 4.69) is 10.4 Å². The summed E-state index contributed by atoms with van der Waals surface area (Å²) in [5.74, 6) is 0. The van der Waals surface area contributed by atoms with Gasteiger partial charge in [0.05, 0.1) is 23.1 Å². The van der Waals surface area contributed by atoms with Crippen LogP contribution >= 0.6 is 0 Å². The van der Waals surface area contributed by atoms with E-state index in [4.69, 9.17) is 4.74 Å². The predicted octanol–water partition coefficient (Wildman–Crippen LogP) is 3.02. The fourth-order valence-electron chi connectivity index (χ4n) is 3.60. The zero-order valence-electron chi connectivity index (χ0n) is 12.1. The molecule has 1 saturated carbocycles. The van der Waals surface area contributed by atoms with Crippen molar-refractivity contribution >= 4 is 5.69 Å². The van der Waals surface area contributed by atoms with Gasteiger partial charge in [-0.3, -0.25) is 4.68 Å². The minimum Gasteiger partial charge on any atom is -0.380 e. The zero-order chi connectivity index (χ0) is 13.3. The first-order valence-electron chi connectivity index (χ1n) is 7.59. The first-order valence-corrected chi connectivity index (χ1v) is 7.59. The lowest BCUT2D eigenvalue weighted by atomic mass is 9.83. The van der Waals surface area contributed by atoms with E-state index in [1.807, 2.05) is 24.9 Å². The minimum atomic E-state index is 0.231. The molecule has 2 heterocycles. The zero-order valence-corrected chi connectivity index (χ0v) is 12.1. The van der Waals surface area contributed by atoms with Crippen LogP contribution in [0.15, 0.2) is 6.20 Å². The van der Waals surface area contributed by atoms with Gasteiger partial charge in [0.1, 0.15) is 0 Å². The molecular formula is C15H25N3O. The number of rotatable bonds is 3. The molecular weight excluding hydrogens is 238 g/mol. The molecule has 1 atom stereocenters. The highest BCUT2D eigenvalue weighted by Crippen LogP contribution is 2.41. The van der Waals surface area contributed by atoms with E-state index in [1.54, 1.807) is 0 Å². The molecule has 1 N–H and O–H groups in total.